The van der Waals surface area contributed by atoms with Gasteiger partial charge in [-0.15, -0.1) is 0 Å². The van der Waals surface area contributed by atoms with E-state index in [1.54, 1.807) is 6.07 Å². The molecule has 0 aromatic heterocycles. The maximum atomic E-state index is 11.8. The van der Waals surface area contributed by atoms with E-state index >= 15 is 0 Å². The first-order chi connectivity index (χ1) is 9.02. The highest BCUT2D eigenvalue weighted by Gasteiger charge is 2.31. The Hall–Kier alpha value is -1.75. The van der Waals surface area contributed by atoms with Crippen LogP contribution in [0.25, 0.3) is 0 Å². The third-order valence-corrected chi connectivity index (χ3v) is 3.28. The molecule has 1 aromatic rings. The van der Waals surface area contributed by atoms with Crippen LogP contribution in [0.4, 0.5) is 5.69 Å². The summed E-state index contributed by atoms with van der Waals surface area (Å²) in [4.78, 5) is 11.8. The summed E-state index contributed by atoms with van der Waals surface area (Å²) in [6, 6.07) is 5.46. The smallest absolute Gasteiger partial charge is 0.246 e. The van der Waals surface area contributed by atoms with Gasteiger partial charge in [-0.1, -0.05) is 0 Å². The van der Waals surface area contributed by atoms with Crippen molar-refractivity contribution in [2.24, 2.45) is 5.92 Å². The van der Waals surface area contributed by atoms with Crippen LogP contribution in [0.1, 0.15) is 20.3 Å². The van der Waals surface area contributed by atoms with E-state index in [1.807, 2.05) is 26.0 Å². The minimum atomic E-state index is -0.636. The number of hydrogen-bond donors (Lipinski definition) is 2. The maximum absolute atomic E-state index is 11.8. The Morgan fingerprint density at radius 2 is 2.11 bits per heavy atom. The Bertz CT molecular complexity index is 509. The molecular formula is C14H18N2O3. The Balaban J connectivity index is 1.65. The molecule has 2 aliphatic rings. The molecule has 102 valence electrons. The number of nitrogens with one attached hydrogen (secondary N) is 2. The molecule has 3 rings (SSSR count). The Morgan fingerprint density at radius 3 is 2.79 bits per heavy atom. The summed E-state index contributed by atoms with van der Waals surface area (Å²) in [5.74, 6) is 1.26. The summed E-state index contributed by atoms with van der Waals surface area (Å²) in [6.45, 7) is 5.58. The first-order valence-electron chi connectivity index (χ1n) is 6.54. The fourth-order valence-electron chi connectivity index (χ4n) is 2.27. The molecule has 2 aliphatic heterocycles. The van der Waals surface area contributed by atoms with Crippen molar-refractivity contribution in [2.45, 2.75) is 26.1 Å². The number of anilines is 1. The first-order valence-corrected chi connectivity index (χ1v) is 6.54. The number of amides is 1. The van der Waals surface area contributed by atoms with E-state index in [2.05, 4.69) is 10.6 Å². The molecule has 5 nitrogen and oxygen atoms in total. The van der Waals surface area contributed by atoms with Crippen LogP contribution >= 0.6 is 0 Å². The lowest BCUT2D eigenvalue weighted by Gasteiger charge is -2.26. The molecule has 1 amide bonds. The van der Waals surface area contributed by atoms with E-state index in [1.165, 1.54) is 0 Å². The normalized spacial score (nSPS) is 19.9. The fraction of sp³-hybridized carbons (Fsp3) is 0.500. The fourth-order valence-corrected chi connectivity index (χ4v) is 2.27. The van der Waals surface area contributed by atoms with Gasteiger partial charge in [-0.2, -0.15) is 0 Å². The monoisotopic (exact) mass is 262 g/mol. The summed E-state index contributed by atoms with van der Waals surface area (Å²) in [5.41, 5.74) is 0.748. The van der Waals surface area contributed by atoms with Crippen molar-refractivity contribution in [3.05, 3.63) is 18.2 Å². The number of ether oxygens (including phenoxy) is 2. The molecule has 0 atom stereocenters. The zero-order valence-electron chi connectivity index (χ0n) is 11.2. The maximum Gasteiger partial charge on any atom is 0.246 e. The number of benzene rings is 1. The summed E-state index contributed by atoms with van der Waals surface area (Å²) in [6.07, 6.45) is 0.562. The van der Waals surface area contributed by atoms with E-state index in [4.69, 9.17) is 9.47 Å². The third-order valence-electron chi connectivity index (χ3n) is 3.28. The highest BCUT2D eigenvalue weighted by atomic mass is 16.7. The molecule has 0 radical (unpaired) electrons. The van der Waals surface area contributed by atoms with E-state index < -0.39 is 5.79 Å². The molecular weight excluding hydrogens is 244 g/mol. The van der Waals surface area contributed by atoms with Crippen LogP contribution < -0.4 is 20.1 Å². The van der Waals surface area contributed by atoms with Crippen molar-refractivity contribution >= 4 is 11.6 Å². The molecule has 2 heterocycles. The Kier molecular flexibility index (Phi) is 2.86. The standard InChI is InChI=1S/C14H18N2O3/c1-14(2)18-11-4-3-10(6-12(11)19-14)16-13(17)5-9-7-15-8-9/h3-4,6,9,15H,5,7-8H2,1-2H3,(H,16,17). The minimum absolute atomic E-state index is 0.0459. The van der Waals surface area contributed by atoms with Crippen LogP contribution in [-0.4, -0.2) is 24.8 Å². The molecule has 0 spiro atoms. The quantitative estimate of drug-likeness (QED) is 0.871. The molecule has 1 aromatic carbocycles. The number of fused-ring (bicyclic) bond motifs is 1. The van der Waals surface area contributed by atoms with Gasteiger partial charge in [-0.05, 0) is 31.1 Å². The van der Waals surface area contributed by atoms with Crippen LogP contribution in [-0.2, 0) is 4.79 Å². The predicted octanol–water partition coefficient (Wildman–Crippen LogP) is 1.74. The number of carbonyl (C=O) groups is 1. The van der Waals surface area contributed by atoms with Gasteiger partial charge in [0, 0.05) is 32.0 Å². The van der Waals surface area contributed by atoms with Crippen LogP contribution in [0.2, 0.25) is 0 Å². The average molecular weight is 262 g/mol. The van der Waals surface area contributed by atoms with Gasteiger partial charge >= 0.3 is 0 Å². The molecule has 0 aliphatic carbocycles. The molecule has 0 bridgehead atoms. The summed E-state index contributed by atoms with van der Waals surface area (Å²) < 4.78 is 11.2. The van der Waals surface area contributed by atoms with Gasteiger partial charge in [-0.25, -0.2) is 0 Å². The highest BCUT2D eigenvalue weighted by Crippen LogP contribution is 2.40. The zero-order valence-corrected chi connectivity index (χ0v) is 11.2. The number of carbonyl (C=O) groups excluding carboxylic acids is 1. The van der Waals surface area contributed by atoms with E-state index in [0.29, 0.717) is 23.8 Å². The second kappa shape index (κ2) is 4.42. The summed E-state index contributed by atoms with van der Waals surface area (Å²) >= 11 is 0. The number of hydrogen-bond acceptors (Lipinski definition) is 4. The lowest BCUT2D eigenvalue weighted by atomic mass is 9.99. The minimum Gasteiger partial charge on any atom is -0.449 e. The average Bonchev–Trinajstić information content (AvgIpc) is 2.57. The van der Waals surface area contributed by atoms with Gasteiger partial charge in [-0.3, -0.25) is 4.79 Å². The molecule has 2 N–H and O–H groups in total. The predicted molar refractivity (Wildman–Crippen MR) is 71.4 cm³/mol. The molecule has 1 saturated heterocycles. The van der Waals surface area contributed by atoms with Crippen LogP contribution in [0.15, 0.2) is 18.2 Å². The molecule has 0 saturated carbocycles. The van der Waals surface area contributed by atoms with Crippen LogP contribution in [0.5, 0.6) is 11.5 Å². The van der Waals surface area contributed by atoms with Crippen molar-refractivity contribution in [1.29, 1.82) is 0 Å². The van der Waals surface area contributed by atoms with Gasteiger partial charge in [0.25, 0.3) is 0 Å². The largest absolute Gasteiger partial charge is 0.449 e. The zero-order chi connectivity index (χ0) is 13.5. The molecule has 0 unspecified atom stereocenters. The van der Waals surface area contributed by atoms with Crippen molar-refractivity contribution in [2.75, 3.05) is 18.4 Å². The van der Waals surface area contributed by atoms with Crippen LogP contribution in [0.3, 0.4) is 0 Å². The summed E-state index contributed by atoms with van der Waals surface area (Å²) in [5, 5.41) is 6.05. The first kappa shape index (κ1) is 12.3. The third kappa shape index (κ3) is 2.66. The Labute approximate surface area is 112 Å². The molecule has 5 heteroatoms. The van der Waals surface area contributed by atoms with Crippen LogP contribution in [0, 0.1) is 5.92 Å². The van der Waals surface area contributed by atoms with Gasteiger partial charge in [0.15, 0.2) is 11.5 Å². The lowest BCUT2D eigenvalue weighted by Crippen LogP contribution is -2.43. The SMILES string of the molecule is CC1(C)Oc2ccc(NC(=O)CC3CNC3)cc2O1. The second-order valence-electron chi connectivity index (χ2n) is 5.54. The Morgan fingerprint density at radius 1 is 1.37 bits per heavy atom. The van der Waals surface area contributed by atoms with Gasteiger partial charge in [0.2, 0.25) is 11.7 Å². The van der Waals surface area contributed by atoms with E-state index in [9.17, 15) is 4.79 Å². The number of rotatable bonds is 3. The summed E-state index contributed by atoms with van der Waals surface area (Å²) in [7, 11) is 0. The van der Waals surface area contributed by atoms with Gasteiger partial charge < -0.3 is 20.1 Å². The van der Waals surface area contributed by atoms with Crippen molar-refractivity contribution in [3.8, 4) is 11.5 Å². The van der Waals surface area contributed by atoms with E-state index in [-0.39, 0.29) is 5.91 Å². The van der Waals surface area contributed by atoms with E-state index in [0.717, 1.165) is 18.8 Å². The lowest BCUT2D eigenvalue weighted by molar-refractivity contribution is -0.117. The highest BCUT2D eigenvalue weighted by molar-refractivity contribution is 5.91. The van der Waals surface area contributed by atoms with Crippen molar-refractivity contribution in [3.63, 3.8) is 0 Å². The van der Waals surface area contributed by atoms with Gasteiger partial charge in [0.05, 0.1) is 0 Å². The second-order valence-corrected chi connectivity index (χ2v) is 5.54. The van der Waals surface area contributed by atoms with Crippen molar-refractivity contribution < 1.29 is 14.3 Å². The molecule has 19 heavy (non-hydrogen) atoms. The van der Waals surface area contributed by atoms with Crippen molar-refractivity contribution in [1.82, 2.24) is 5.32 Å². The topological polar surface area (TPSA) is 59.6 Å². The van der Waals surface area contributed by atoms with Gasteiger partial charge in [0.1, 0.15) is 0 Å². The molecule has 1 fully saturated rings.